The molecule has 1 fully saturated rings. The van der Waals surface area contributed by atoms with E-state index in [0.29, 0.717) is 0 Å². The number of likely N-dealkylation sites (N-methyl/N-ethyl adjacent to an activating group) is 1. The van der Waals surface area contributed by atoms with Crippen LogP contribution in [-0.2, 0) is 6.54 Å². The van der Waals surface area contributed by atoms with Crippen molar-refractivity contribution in [1.82, 2.24) is 0 Å². The number of hydrogen-bond acceptors (Lipinski definition) is 1. The summed E-state index contributed by atoms with van der Waals surface area (Å²) < 4.78 is 5.93. The van der Waals surface area contributed by atoms with Crippen molar-refractivity contribution in [3.05, 3.63) is 60.2 Å². The van der Waals surface area contributed by atoms with Crippen molar-refractivity contribution in [3.8, 4) is 11.5 Å². The smallest absolute Gasteiger partial charge is 0.127 e. The molecule has 1 saturated heterocycles. The van der Waals surface area contributed by atoms with Crippen LogP contribution in [-0.4, -0.2) is 32.7 Å². The molecule has 0 amide bonds. The third-order valence-electron chi connectivity index (χ3n) is 4.50. The summed E-state index contributed by atoms with van der Waals surface area (Å²) in [6, 6.07) is 18.5. The lowest BCUT2D eigenvalue weighted by atomic mass is 10.2. The maximum Gasteiger partial charge on any atom is 0.127 e. The quantitative estimate of drug-likeness (QED) is 0.835. The predicted octanol–water partition coefficient (Wildman–Crippen LogP) is 0.782. The molecule has 0 radical (unpaired) electrons. The molecule has 1 aliphatic heterocycles. The fraction of sp³-hybridized carbons (Fsp3) is 0.368. The third kappa shape index (κ3) is 4.09. The zero-order valence-electron chi connectivity index (χ0n) is 13.3. The molecule has 116 valence electrons. The molecule has 3 heteroatoms. The maximum absolute atomic E-state index is 5.93. The number of rotatable bonds is 5. The summed E-state index contributed by atoms with van der Waals surface area (Å²) in [6.45, 7) is 9.78. The molecule has 2 aromatic rings. The Hall–Kier alpha value is -1.84. The molecule has 0 unspecified atom stereocenters. The van der Waals surface area contributed by atoms with Gasteiger partial charge in [0.05, 0.1) is 6.54 Å². The van der Waals surface area contributed by atoms with Crippen LogP contribution >= 0.6 is 0 Å². The second-order valence-electron chi connectivity index (χ2n) is 6.09. The van der Waals surface area contributed by atoms with Gasteiger partial charge in [0.15, 0.2) is 0 Å². The van der Waals surface area contributed by atoms with E-state index in [1.807, 2.05) is 36.4 Å². The highest BCUT2D eigenvalue weighted by atomic mass is 16.5. The molecule has 1 aliphatic rings. The van der Waals surface area contributed by atoms with E-state index in [4.69, 9.17) is 4.74 Å². The summed E-state index contributed by atoms with van der Waals surface area (Å²) in [5.74, 6) is 1.83. The number of nitrogens with one attached hydrogen (secondary N) is 2. The predicted molar refractivity (Wildman–Crippen MR) is 88.6 cm³/mol. The van der Waals surface area contributed by atoms with Gasteiger partial charge in [-0.25, -0.2) is 0 Å². The fourth-order valence-corrected chi connectivity index (χ4v) is 3.12. The van der Waals surface area contributed by atoms with Crippen LogP contribution in [0.25, 0.3) is 0 Å². The van der Waals surface area contributed by atoms with Gasteiger partial charge in [-0.2, -0.15) is 0 Å². The van der Waals surface area contributed by atoms with Crippen molar-refractivity contribution in [3.63, 3.8) is 0 Å². The molecule has 3 rings (SSSR count). The second-order valence-corrected chi connectivity index (χ2v) is 6.09. The molecule has 1 heterocycles. The average Bonchev–Trinajstić information content (AvgIpc) is 2.57. The Kier molecular flexibility index (Phi) is 5.09. The first-order valence-corrected chi connectivity index (χ1v) is 8.32. The molecular weight excluding hydrogens is 272 g/mol. The summed E-state index contributed by atoms with van der Waals surface area (Å²) in [4.78, 5) is 3.43. The minimum Gasteiger partial charge on any atom is -0.457 e. The third-order valence-corrected chi connectivity index (χ3v) is 4.50. The van der Waals surface area contributed by atoms with Crippen LogP contribution in [0, 0.1) is 0 Å². The number of ether oxygens (including phenoxy) is 1. The average molecular weight is 298 g/mol. The van der Waals surface area contributed by atoms with Crippen molar-refractivity contribution in [1.29, 1.82) is 0 Å². The minimum absolute atomic E-state index is 0.896. The van der Waals surface area contributed by atoms with Crippen LogP contribution in [0.4, 0.5) is 0 Å². The van der Waals surface area contributed by atoms with E-state index in [0.717, 1.165) is 18.0 Å². The van der Waals surface area contributed by atoms with Gasteiger partial charge >= 0.3 is 0 Å². The fourth-order valence-electron chi connectivity index (χ4n) is 3.12. The Morgan fingerprint density at radius 1 is 0.818 bits per heavy atom. The van der Waals surface area contributed by atoms with E-state index in [-0.39, 0.29) is 0 Å². The van der Waals surface area contributed by atoms with E-state index in [9.17, 15) is 0 Å². The first kappa shape index (κ1) is 15.1. The lowest BCUT2D eigenvalue weighted by Crippen LogP contribution is -3.27. The molecule has 2 aromatic carbocycles. The van der Waals surface area contributed by atoms with Crippen molar-refractivity contribution in [2.24, 2.45) is 0 Å². The van der Waals surface area contributed by atoms with E-state index in [1.165, 1.54) is 38.3 Å². The minimum atomic E-state index is 0.896. The summed E-state index contributed by atoms with van der Waals surface area (Å²) in [5, 5.41) is 0. The van der Waals surface area contributed by atoms with E-state index >= 15 is 0 Å². The zero-order valence-corrected chi connectivity index (χ0v) is 13.3. The summed E-state index contributed by atoms with van der Waals surface area (Å²) in [7, 11) is 0. The van der Waals surface area contributed by atoms with Crippen molar-refractivity contribution < 1.29 is 14.5 Å². The lowest BCUT2D eigenvalue weighted by Gasteiger charge is -2.29. The van der Waals surface area contributed by atoms with Gasteiger partial charge in [0, 0.05) is 5.56 Å². The van der Waals surface area contributed by atoms with Crippen molar-refractivity contribution >= 4 is 0 Å². The number of hydrogen-bond donors (Lipinski definition) is 2. The first-order chi connectivity index (χ1) is 10.8. The van der Waals surface area contributed by atoms with Gasteiger partial charge < -0.3 is 14.5 Å². The number of piperazine rings is 1. The SMILES string of the molecule is CC[NH+]1CC[NH+](Cc2cccc(Oc3ccccc3)c2)CC1. The number of para-hydroxylation sites is 1. The number of quaternary nitrogens is 2. The largest absolute Gasteiger partial charge is 0.457 e. The van der Waals surface area contributed by atoms with Gasteiger partial charge in [-0.05, 0) is 31.2 Å². The molecule has 0 saturated carbocycles. The molecule has 0 aliphatic carbocycles. The first-order valence-electron chi connectivity index (χ1n) is 8.32. The molecule has 0 spiro atoms. The van der Waals surface area contributed by atoms with Gasteiger partial charge in [-0.15, -0.1) is 0 Å². The van der Waals surface area contributed by atoms with Crippen LogP contribution in [0.15, 0.2) is 54.6 Å². The standard InChI is InChI=1S/C19H24N2O/c1-2-20-11-13-21(14-12-20)16-17-7-6-10-19(15-17)22-18-8-4-3-5-9-18/h3-10,15H,2,11-14,16H2,1H3/p+2. The Labute approximate surface area is 133 Å². The topological polar surface area (TPSA) is 18.1 Å². The van der Waals surface area contributed by atoms with Crippen LogP contribution in [0.3, 0.4) is 0 Å². The Morgan fingerprint density at radius 3 is 2.23 bits per heavy atom. The van der Waals surface area contributed by atoms with Gasteiger partial charge in [0.1, 0.15) is 44.2 Å². The normalized spacial score (nSPS) is 21.5. The van der Waals surface area contributed by atoms with E-state index < -0.39 is 0 Å². The van der Waals surface area contributed by atoms with Gasteiger partial charge in [0.2, 0.25) is 0 Å². The van der Waals surface area contributed by atoms with Crippen LogP contribution in [0.5, 0.6) is 11.5 Å². The van der Waals surface area contributed by atoms with Crippen LogP contribution < -0.4 is 14.5 Å². The highest BCUT2D eigenvalue weighted by molar-refractivity contribution is 5.33. The van der Waals surface area contributed by atoms with Crippen molar-refractivity contribution in [2.75, 3.05) is 32.7 Å². The summed E-state index contributed by atoms with van der Waals surface area (Å²) in [5.41, 5.74) is 1.36. The lowest BCUT2D eigenvalue weighted by molar-refractivity contribution is -1.02. The molecule has 0 atom stereocenters. The monoisotopic (exact) mass is 298 g/mol. The maximum atomic E-state index is 5.93. The Balaban J connectivity index is 1.60. The second kappa shape index (κ2) is 7.43. The zero-order chi connectivity index (χ0) is 15.2. The Morgan fingerprint density at radius 2 is 1.50 bits per heavy atom. The molecule has 0 aromatic heterocycles. The molecular formula is C19H26N2O+2. The number of benzene rings is 2. The Bertz CT molecular complexity index is 577. The van der Waals surface area contributed by atoms with E-state index in [1.54, 1.807) is 9.80 Å². The molecule has 3 nitrogen and oxygen atoms in total. The van der Waals surface area contributed by atoms with Crippen LogP contribution in [0.1, 0.15) is 12.5 Å². The van der Waals surface area contributed by atoms with Crippen molar-refractivity contribution in [2.45, 2.75) is 13.5 Å². The highest BCUT2D eigenvalue weighted by Crippen LogP contribution is 2.21. The molecule has 2 N–H and O–H groups in total. The molecule has 0 bridgehead atoms. The highest BCUT2D eigenvalue weighted by Gasteiger charge is 2.21. The van der Waals surface area contributed by atoms with Gasteiger partial charge in [0.25, 0.3) is 0 Å². The van der Waals surface area contributed by atoms with E-state index in [2.05, 4.69) is 25.1 Å². The summed E-state index contributed by atoms with van der Waals surface area (Å²) >= 11 is 0. The van der Waals surface area contributed by atoms with Crippen LogP contribution in [0.2, 0.25) is 0 Å². The van der Waals surface area contributed by atoms with Gasteiger partial charge in [-0.3, -0.25) is 0 Å². The molecule has 22 heavy (non-hydrogen) atoms. The van der Waals surface area contributed by atoms with Gasteiger partial charge in [-0.1, -0.05) is 30.3 Å². The summed E-state index contributed by atoms with van der Waals surface area (Å²) in [6.07, 6.45) is 0.